The lowest BCUT2D eigenvalue weighted by Gasteiger charge is -2.06. The van der Waals surface area contributed by atoms with Crippen LogP contribution in [0.15, 0.2) is 60.8 Å². The van der Waals surface area contributed by atoms with E-state index in [9.17, 15) is 4.79 Å². The predicted octanol–water partition coefficient (Wildman–Crippen LogP) is 4.02. The minimum absolute atomic E-state index is 0.0565. The summed E-state index contributed by atoms with van der Waals surface area (Å²) in [5.41, 5.74) is 0.997. The molecule has 2 aromatic carbocycles. The second kappa shape index (κ2) is 6.22. The number of aromatic nitrogens is 1. The zero-order chi connectivity index (χ0) is 14.7. The van der Waals surface area contributed by atoms with Crippen molar-refractivity contribution in [1.29, 1.82) is 0 Å². The summed E-state index contributed by atoms with van der Waals surface area (Å²) in [6.07, 6.45) is 2.07. The molecule has 4 heteroatoms. The molecule has 0 bridgehead atoms. The van der Waals surface area contributed by atoms with Gasteiger partial charge in [-0.1, -0.05) is 42.5 Å². The highest BCUT2D eigenvalue weighted by Crippen LogP contribution is 2.16. The van der Waals surface area contributed by atoms with E-state index in [2.05, 4.69) is 51.1 Å². The van der Waals surface area contributed by atoms with Gasteiger partial charge in [0, 0.05) is 9.77 Å². The van der Waals surface area contributed by atoms with Crippen molar-refractivity contribution < 1.29 is 4.79 Å². The van der Waals surface area contributed by atoms with Gasteiger partial charge in [-0.25, -0.2) is 4.98 Å². The zero-order valence-corrected chi connectivity index (χ0v) is 13.4. The molecule has 0 atom stereocenters. The molecule has 1 aromatic heterocycles. The van der Waals surface area contributed by atoms with E-state index in [1.165, 1.54) is 5.39 Å². The minimum Gasteiger partial charge on any atom is -0.310 e. The summed E-state index contributed by atoms with van der Waals surface area (Å²) >= 11 is 2.18. The van der Waals surface area contributed by atoms with Crippen LogP contribution < -0.4 is 5.32 Å². The van der Waals surface area contributed by atoms with E-state index in [1.54, 1.807) is 12.3 Å². The fourth-order valence-corrected chi connectivity index (χ4v) is 2.49. The van der Waals surface area contributed by atoms with Gasteiger partial charge in [-0.15, -0.1) is 0 Å². The Morgan fingerprint density at radius 3 is 2.62 bits per heavy atom. The van der Waals surface area contributed by atoms with Crippen LogP contribution in [0, 0.1) is 3.57 Å². The summed E-state index contributed by atoms with van der Waals surface area (Å²) in [4.78, 5) is 16.2. The molecule has 0 aliphatic carbocycles. The Kier molecular flexibility index (Phi) is 4.15. The van der Waals surface area contributed by atoms with Crippen LogP contribution in [0.4, 0.5) is 5.82 Å². The first kappa shape index (κ1) is 14.0. The number of benzene rings is 2. The molecule has 0 spiro atoms. The maximum absolute atomic E-state index is 12.0. The maximum atomic E-state index is 12.0. The SMILES string of the molecule is O=C(Cc1ccc2ccccc2c1)Nc1ccc(I)cn1. The number of anilines is 1. The van der Waals surface area contributed by atoms with Crippen molar-refractivity contribution in [2.45, 2.75) is 6.42 Å². The molecule has 0 unspecified atom stereocenters. The molecular formula is C17H13IN2O. The van der Waals surface area contributed by atoms with Crippen molar-refractivity contribution in [3.8, 4) is 0 Å². The molecule has 3 aromatic rings. The molecule has 0 saturated carbocycles. The molecule has 3 rings (SSSR count). The topological polar surface area (TPSA) is 42.0 Å². The molecule has 0 aliphatic heterocycles. The third-order valence-electron chi connectivity index (χ3n) is 3.17. The third-order valence-corrected chi connectivity index (χ3v) is 3.81. The molecule has 21 heavy (non-hydrogen) atoms. The van der Waals surface area contributed by atoms with Crippen molar-refractivity contribution >= 4 is 45.1 Å². The van der Waals surface area contributed by atoms with Gasteiger partial charge in [0.1, 0.15) is 5.82 Å². The lowest BCUT2D eigenvalue weighted by atomic mass is 10.1. The maximum Gasteiger partial charge on any atom is 0.229 e. The van der Waals surface area contributed by atoms with E-state index in [1.807, 2.05) is 30.3 Å². The number of carbonyl (C=O) groups excluding carboxylic acids is 1. The summed E-state index contributed by atoms with van der Waals surface area (Å²) in [6.45, 7) is 0. The van der Waals surface area contributed by atoms with E-state index in [0.29, 0.717) is 12.2 Å². The number of fused-ring (bicyclic) bond motifs is 1. The number of amides is 1. The third kappa shape index (κ3) is 3.58. The van der Waals surface area contributed by atoms with Crippen LogP contribution in [-0.4, -0.2) is 10.9 Å². The molecule has 3 nitrogen and oxygen atoms in total. The van der Waals surface area contributed by atoms with Gasteiger partial charge in [0.25, 0.3) is 0 Å². The number of pyridine rings is 1. The van der Waals surface area contributed by atoms with E-state index >= 15 is 0 Å². The lowest BCUT2D eigenvalue weighted by Crippen LogP contribution is -2.15. The fourth-order valence-electron chi connectivity index (χ4n) is 2.17. The number of halogens is 1. The monoisotopic (exact) mass is 388 g/mol. The fraction of sp³-hybridized carbons (Fsp3) is 0.0588. The van der Waals surface area contributed by atoms with Crippen LogP contribution in [0.1, 0.15) is 5.56 Å². The molecule has 0 radical (unpaired) electrons. The van der Waals surface area contributed by atoms with E-state index in [0.717, 1.165) is 14.5 Å². The van der Waals surface area contributed by atoms with Gasteiger partial charge >= 0.3 is 0 Å². The Bertz CT molecular complexity index is 784. The normalized spacial score (nSPS) is 10.5. The van der Waals surface area contributed by atoms with E-state index in [-0.39, 0.29) is 5.91 Å². The van der Waals surface area contributed by atoms with Crippen LogP contribution in [0.3, 0.4) is 0 Å². The van der Waals surface area contributed by atoms with Crippen LogP contribution in [0.2, 0.25) is 0 Å². The molecule has 0 saturated heterocycles. The van der Waals surface area contributed by atoms with Gasteiger partial charge in [-0.3, -0.25) is 4.79 Å². The van der Waals surface area contributed by atoms with Crippen LogP contribution in [0.5, 0.6) is 0 Å². The van der Waals surface area contributed by atoms with Gasteiger partial charge < -0.3 is 5.32 Å². The van der Waals surface area contributed by atoms with E-state index in [4.69, 9.17) is 0 Å². The number of hydrogen-bond acceptors (Lipinski definition) is 2. The Balaban J connectivity index is 1.72. The van der Waals surface area contributed by atoms with Crippen LogP contribution in [-0.2, 0) is 11.2 Å². The molecule has 0 aliphatic rings. The van der Waals surface area contributed by atoms with Crippen molar-refractivity contribution in [3.05, 3.63) is 69.9 Å². The lowest BCUT2D eigenvalue weighted by molar-refractivity contribution is -0.115. The van der Waals surface area contributed by atoms with Gasteiger partial charge in [-0.2, -0.15) is 0 Å². The molecule has 1 N–H and O–H groups in total. The highest BCUT2D eigenvalue weighted by molar-refractivity contribution is 14.1. The number of nitrogens with one attached hydrogen (secondary N) is 1. The van der Waals surface area contributed by atoms with Crippen LogP contribution >= 0.6 is 22.6 Å². The van der Waals surface area contributed by atoms with Crippen molar-refractivity contribution in [2.24, 2.45) is 0 Å². The Hall–Kier alpha value is -1.95. The second-order valence-corrected chi connectivity index (χ2v) is 6.01. The Labute approximate surface area is 136 Å². The molecule has 0 fully saturated rings. The molecular weight excluding hydrogens is 375 g/mol. The molecule has 1 heterocycles. The highest BCUT2D eigenvalue weighted by atomic mass is 127. The van der Waals surface area contributed by atoms with E-state index < -0.39 is 0 Å². The second-order valence-electron chi connectivity index (χ2n) is 4.77. The highest BCUT2D eigenvalue weighted by Gasteiger charge is 2.05. The predicted molar refractivity (Wildman–Crippen MR) is 93.2 cm³/mol. The van der Waals surface area contributed by atoms with Crippen LogP contribution in [0.25, 0.3) is 10.8 Å². The van der Waals surface area contributed by atoms with Gasteiger partial charge in [0.05, 0.1) is 6.42 Å². The summed E-state index contributed by atoms with van der Waals surface area (Å²) in [5, 5.41) is 5.14. The summed E-state index contributed by atoms with van der Waals surface area (Å²) in [5.74, 6) is 0.528. The standard InChI is InChI=1S/C17H13IN2O/c18-15-7-8-16(19-11-15)20-17(21)10-12-5-6-13-3-1-2-4-14(13)9-12/h1-9,11H,10H2,(H,19,20,21). The van der Waals surface area contributed by atoms with Crippen molar-refractivity contribution in [2.75, 3.05) is 5.32 Å². The largest absolute Gasteiger partial charge is 0.310 e. The summed E-state index contributed by atoms with van der Waals surface area (Å²) in [7, 11) is 0. The van der Waals surface area contributed by atoms with Crippen molar-refractivity contribution in [3.63, 3.8) is 0 Å². The van der Waals surface area contributed by atoms with Gasteiger partial charge in [0.15, 0.2) is 0 Å². The molecule has 1 amide bonds. The number of carbonyl (C=O) groups is 1. The number of hydrogen-bond donors (Lipinski definition) is 1. The van der Waals surface area contributed by atoms with Crippen molar-refractivity contribution in [1.82, 2.24) is 4.98 Å². The first-order chi connectivity index (χ1) is 10.2. The summed E-state index contributed by atoms with van der Waals surface area (Å²) in [6, 6.07) is 17.9. The average molecular weight is 388 g/mol. The smallest absolute Gasteiger partial charge is 0.229 e. The number of rotatable bonds is 3. The van der Waals surface area contributed by atoms with Gasteiger partial charge in [0.2, 0.25) is 5.91 Å². The average Bonchev–Trinajstić information content (AvgIpc) is 2.49. The van der Waals surface area contributed by atoms with Gasteiger partial charge in [-0.05, 0) is 51.1 Å². The first-order valence-corrected chi connectivity index (χ1v) is 7.68. The number of nitrogens with zero attached hydrogens (tertiary/aromatic N) is 1. The minimum atomic E-state index is -0.0565. The quantitative estimate of drug-likeness (QED) is 0.689. The first-order valence-electron chi connectivity index (χ1n) is 6.60. The Morgan fingerprint density at radius 2 is 1.86 bits per heavy atom. The zero-order valence-electron chi connectivity index (χ0n) is 11.2. The molecule has 104 valence electrons. The summed E-state index contributed by atoms with van der Waals surface area (Å²) < 4.78 is 1.04. The Morgan fingerprint density at radius 1 is 1.05 bits per heavy atom.